The Morgan fingerprint density at radius 3 is 1.84 bits per heavy atom. The van der Waals surface area contributed by atoms with Crippen LogP contribution in [0.15, 0.2) is 0 Å². The second-order valence-electron chi connectivity index (χ2n) is 7.36. The van der Waals surface area contributed by atoms with Crippen molar-refractivity contribution in [1.29, 1.82) is 0 Å². The zero-order chi connectivity index (χ0) is 20.1. The number of carbonyl (C=O) groups excluding carboxylic acids is 3. The van der Waals surface area contributed by atoms with E-state index >= 15 is 0 Å². The minimum absolute atomic E-state index is 0.821. The Labute approximate surface area is 148 Å². The first-order valence-corrected chi connectivity index (χ1v) is 9.36. The van der Waals surface area contributed by atoms with Crippen LogP contribution in [0.25, 0.3) is 0 Å². The second kappa shape index (κ2) is 8.50. The Morgan fingerprint density at radius 2 is 1.44 bits per heavy atom. The molecule has 0 aliphatic carbocycles. The van der Waals surface area contributed by atoms with Crippen molar-refractivity contribution < 1.29 is 37.0 Å². The Hall–Kier alpha value is -1.84. The number of ether oxygens (including phenoxy) is 3. The van der Waals surface area contributed by atoms with Gasteiger partial charge in [-0.1, -0.05) is 0 Å². The monoisotopic (exact) mass is 381 g/mol. The lowest BCUT2D eigenvalue weighted by Crippen LogP contribution is -2.48. The van der Waals surface area contributed by atoms with Gasteiger partial charge in [-0.2, -0.15) is 0 Å². The first-order valence-electron chi connectivity index (χ1n) is 7.54. The van der Waals surface area contributed by atoms with Crippen molar-refractivity contribution in [3.05, 3.63) is 0 Å². The number of amides is 1. The standard InChI is InChI=1S/C15H27NO8S/c1-14(2,3)23-11(17)9-25(20,21)8-10(12(18)22-7)16-13(19)24-15(4,5)6/h10H,8-9H2,1-7H3,(H,16,19)/t10-/m0/s1. The van der Waals surface area contributed by atoms with Crippen molar-refractivity contribution in [2.75, 3.05) is 18.6 Å². The molecule has 25 heavy (non-hydrogen) atoms. The molecule has 0 aliphatic rings. The number of esters is 2. The molecule has 146 valence electrons. The molecule has 10 heteroatoms. The molecule has 1 N–H and O–H groups in total. The van der Waals surface area contributed by atoms with E-state index in [1.165, 1.54) is 0 Å². The van der Waals surface area contributed by atoms with Crippen molar-refractivity contribution >= 4 is 27.9 Å². The highest BCUT2D eigenvalue weighted by atomic mass is 32.2. The van der Waals surface area contributed by atoms with Gasteiger partial charge in [-0.15, -0.1) is 0 Å². The lowest BCUT2D eigenvalue weighted by atomic mass is 10.2. The summed E-state index contributed by atoms with van der Waals surface area (Å²) in [6.07, 6.45) is -0.977. The Balaban J connectivity index is 5.04. The van der Waals surface area contributed by atoms with Gasteiger partial charge < -0.3 is 19.5 Å². The predicted molar refractivity (Wildman–Crippen MR) is 89.7 cm³/mol. The van der Waals surface area contributed by atoms with Crippen molar-refractivity contribution in [1.82, 2.24) is 5.32 Å². The van der Waals surface area contributed by atoms with Gasteiger partial charge in [0.05, 0.1) is 12.9 Å². The van der Waals surface area contributed by atoms with Gasteiger partial charge in [0.25, 0.3) is 0 Å². The Morgan fingerprint density at radius 1 is 0.960 bits per heavy atom. The number of hydrogen-bond donors (Lipinski definition) is 1. The van der Waals surface area contributed by atoms with E-state index < -0.39 is 56.6 Å². The van der Waals surface area contributed by atoms with Crippen molar-refractivity contribution in [3.8, 4) is 0 Å². The highest BCUT2D eigenvalue weighted by molar-refractivity contribution is 7.92. The number of sulfone groups is 1. The summed E-state index contributed by atoms with van der Waals surface area (Å²) in [5.74, 6) is -3.67. The van der Waals surface area contributed by atoms with Crippen LogP contribution in [0.1, 0.15) is 41.5 Å². The normalized spacial score (nSPS) is 13.6. The zero-order valence-corrected chi connectivity index (χ0v) is 16.5. The summed E-state index contributed by atoms with van der Waals surface area (Å²) >= 11 is 0. The van der Waals surface area contributed by atoms with Crippen LogP contribution < -0.4 is 5.32 Å². The largest absolute Gasteiger partial charge is 0.467 e. The molecular weight excluding hydrogens is 354 g/mol. The lowest BCUT2D eigenvalue weighted by molar-refractivity contribution is -0.151. The van der Waals surface area contributed by atoms with Gasteiger partial charge in [-0.05, 0) is 41.5 Å². The molecule has 0 heterocycles. The van der Waals surface area contributed by atoms with Gasteiger partial charge in [-0.25, -0.2) is 18.0 Å². The number of nitrogens with one attached hydrogen (secondary N) is 1. The fraction of sp³-hybridized carbons (Fsp3) is 0.800. The summed E-state index contributed by atoms with van der Waals surface area (Å²) in [5, 5.41) is 2.13. The summed E-state index contributed by atoms with van der Waals surface area (Å²) in [4.78, 5) is 35.2. The van der Waals surface area contributed by atoms with Gasteiger partial charge in [0.2, 0.25) is 0 Å². The van der Waals surface area contributed by atoms with Crippen LogP contribution in [-0.4, -0.2) is 62.3 Å². The molecule has 0 spiro atoms. The number of hydrogen-bond acceptors (Lipinski definition) is 8. The lowest BCUT2D eigenvalue weighted by Gasteiger charge is -2.23. The Kier molecular flexibility index (Phi) is 7.88. The molecule has 9 nitrogen and oxygen atoms in total. The quantitative estimate of drug-likeness (QED) is 0.529. The van der Waals surface area contributed by atoms with Crippen molar-refractivity contribution in [3.63, 3.8) is 0 Å². The summed E-state index contributed by atoms with van der Waals surface area (Å²) in [5.41, 5.74) is -1.68. The van der Waals surface area contributed by atoms with Gasteiger partial charge in [0.1, 0.15) is 23.0 Å². The summed E-state index contributed by atoms with van der Waals surface area (Å²) in [7, 11) is -2.99. The fourth-order valence-corrected chi connectivity index (χ4v) is 2.89. The highest BCUT2D eigenvalue weighted by Crippen LogP contribution is 2.10. The number of methoxy groups -OCH3 is 1. The molecule has 0 aliphatic heterocycles. The third-order valence-electron chi connectivity index (χ3n) is 2.36. The maximum atomic E-state index is 12.1. The van der Waals surface area contributed by atoms with Crippen LogP contribution in [0.4, 0.5) is 4.79 Å². The molecule has 1 atom stereocenters. The van der Waals surface area contributed by atoms with Crippen LogP contribution in [0.5, 0.6) is 0 Å². The minimum atomic E-state index is -4.04. The van der Waals surface area contributed by atoms with Crippen molar-refractivity contribution in [2.45, 2.75) is 58.8 Å². The Bertz CT molecular complexity index is 598. The maximum Gasteiger partial charge on any atom is 0.408 e. The van der Waals surface area contributed by atoms with E-state index in [9.17, 15) is 22.8 Å². The number of alkyl carbamates (subject to hydrolysis) is 1. The van der Waals surface area contributed by atoms with E-state index in [1.54, 1.807) is 41.5 Å². The average molecular weight is 381 g/mol. The van der Waals surface area contributed by atoms with E-state index in [0.717, 1.165) is 7.11 Å². The molecule has 0 aromatic carbocycles. The van der Waals surface area contributed by atoms with E-state index in [-0.39, 0.29) is 0 Å². The van der Waals surface area contributed by atoms with E-state index in [2.05, 4.69) is 10.1 Å². The smallest absolute Gasteiger partial charge is 0.408 e. The van der Waals surface area contributed by atoms with Gasteiger partial charge in [0.15, 0.2) is 9.84 Å². The van der Waals surface area contributed by atoms with Crippen LogP contribution in [-0.2, 0) is 33.6 Å². The maximum absolute atomic E-state index is 12.1. The van der Waals surface area contributed by atoms with Gasteiger partial charge in [0, 0.05) is 0 Å². The number of carbonyl (C=O) groups is 3. The molecule has 0 fully saturated rings. The molecule has 0 unspecified atom stereocenters. The van der Waals surface area contributed by atoms with E-state index in [1.807, 2.05) is 0 Å². The average Bonchev–Trinajstić information content (AvgIpc) is 2.30. The third kappa shape index (κ3) is 11.4. The molecule has 0 saturated carbocycles. The summed E-state index contributed by atoms with van der Waals surface area (Å²) in [6, 6.07) is -1.51. The number of rotatable bonds is 6. The molecule has 1 amide bonds. The van der Waals surface area contributed by atoms with Crippen LogP contribution in [0.2, 0.25) is 0 Å². The highest BCUT2D eigenvalue weighted by Gasteiger charge is 2.32. The molecule has 0 aromatic heterocycles. The first kappa shape index (κ1) is 23.2. The molecule has 0 aromatic rings. The van der Waals surface area contributed by atoms with E-state index in [4.69, 9.17) is 9.47 Å². The minimum Gasteiger partial charge on any atom is -0.467 e. The second-order valence-corrected chi connectivity index (χ2v) is 9.47. The van der Waals surface area contributed by atoms with Crippen LogP contribution in [0, 0.1) is 0 Å². The molecule has 0 rings (SSSR count). The molecular formula is C15H27NO8S. The topological polar surface area (TPSA) is 125 Å². The molecule has 0 bridgehead atoms. The predicted octanol–water partition coefficient (Wildman–Crippen LogP) is 0.809. The molecule has 0 saturated heterocycles. The van der Waals surface area contributed by atoms with Crippen LogP contribution >= 0.6 is 0 Å². The van der Waals surface area contributed by atoms with Gasteiger partial charge in [-0.3, -0.25) is 4.79 Å². The zero-order valence-electron chi connectivity index (χ0n) is 15.7. The summed E-state index contributed by atoms with van der Waals surface area (Å²) in [6.45, 7) is 9.62. The van der Waals surface area contributed by atoms with Crippen molar-refractivity contribution in [2.24, 2.45) is 0 Å². The van der Waals surface area contributed by atoms with Crippen LogP contribution in [0.3, 0.4) is 0 Å². The molecule has 0 radical (unpaired) electrons. The third-order valence-corrected chi connectivity index (χ3v) is 3.87. The summed E-state index contributed by atoms with van der Waals surface area (Å²) < 4.78 is 38.7. The van der Waals surface area contributed by atoms with E-state index in [0.29, 0.717) is 0 Å². The van der Waals surface area contributed by atoms with Gasteiger partial charge >= 0.3 is 18.0 Å². The first-order chi connectivity index (χ1) is 11.0. The fourth-order valence-electron chi connectivity index (χ4n) is 1.62. The SMILES string of the molecule is COC(=O)[C@H](CS(=O)(=O)CC(=O)OC(C)(C)C)NC(=O)OC(C)(C)C.